The Balaban J connectivity index is 0.00000108. The third-order valence-electron chi connectivity index (χ3n) is 3.59. The molecule has 0 saturated heterocycles. The Morgan fingerprint density at radius 3 is 3.06 bits per heavy atom. The molecule has 17 heavy (non-hydrogen) atoms. The Hall–Kier alpha value is -1.22. The van der Waals surface area contributed by atoms with Gasteiger partial charge in [0, 0.05) is 5.69 Å². The van der Waals surface area contributed by atoms with E-state index >= 15 is 0 Å². The van der Waals surface area contributed by atoms with Gasteiger partial charge in [-0.15, -0.1) is 12.4 Å². The molecule has 1 aromatic rings. The highest BCUT2D eigenvalue weighted by atomic mass is 35.5. The Labute approximate surface area is 107 Å². The smallest absolute Gasteiger partial charge is 0.332 e. The van der Waals surface area contributed by atoms with Gasteiger partial charge in [0.25, 0.3) is 0 Å². The zero-order valence-electron chi connectivity index (χ0n) is 9.73. The molecule has 2 aliphatic rings. The molecule has 0 radical (unpaired) electrons. The third-order valence-corrected chi connectivity index (χ3v) is 3.59. The largest absolute Gasteiger partial charge is 0.464 e. The number of carbonyl (C=O) groups is 1. The number of benzene rings is 1. The second kappa shape index (κ2) is 4.22. The van der Waals surface area contributed by atoms with E-state index in [9.17, 15) is 4.79 Å². The van der Waals surface area contributed by atoms with Crippen LogP contribution in [0, 0.1) is 5.92 Å². The molecule has 2 atom stereocenters. The van der Waals surface area contributed by atoms with Crippen LogP contribution in [0.1, 0.15) is 18.9 Å². The van der Waals surface area contributed by atoms with Crippen LogP contribution in [0.25, 0.3) is 0 Å². The summed E-state index contributed by atoms with van der Waals surface area (Å²) in [5, 5.41) is 3.36. The van der Waals surface area contributed by atoms with Gasteiger partial charge in [0.05, 0.1) is 6.61 Å². The monoisotopic (exact) mass is 253 g/mol. The molecule has 1 saturated carbocycles. The second-order valence-electron chi connectivity index (χ2n) is 4.58. The number of para-hydroxylation sites is 1. The van der Waals surface area contributed by atoms with Crippen LogP contribution in [0.3, 0.4) is 0 Å². The number of halogens is 1. The Morgan fingerprint density at radius 2 is 2.29 bits per heavy atom. The number of anilines is 1. The first-order chi connectivity index (χ1) is 7.76. The molecule has 3 nitrogen and oxygen atoms in total. The Bertz CT molecular complexity index is 449. The van der Waals surface area contributed by atoms with Crippen LogP contribution in [-0.4, -0.2) is 18.1 Å². The summed E-state index contributed by atoms with van der Waals surface area (Å²) in [5.41, 5.74) is 1.99. The van der Waals surface area contributed by atoms with E-state index in [1.807, 2.05) is 25.1 Å². The van der Waals surface area contributed by atoms with E-state index in [1.165, 1.54) is 5.56 Å². The van der Waals surface area contributed by atoms with Gasteiger partial charge in [-0.25, -0.2) is 4.79 Å². The van der Waals surface area contributed by atoms with Gasteiger partial charge in [-0.05, 0) is 37.3 Å². The number of fused-ring (bicyclic) bond motifs is 2. The molecule has 4 heteroatoms. The molecule has 92 valence electrons. The molecule has 1 aliphatic heterocycles. The summed E-state index contributed by atoms with van der Waals surface area (Å²) in [6, 6.07) is 8.19. The Morgan fingerprint density at radius 1 is 1.53 bits per heavy atom. The molecule has 2 unspecified atom stereocenters. The van der Waals surface area contributed by atoms with Crippen molar-refractivity contribution in [3.8, 4) is 0 Å². The highest BCUT2D eigenvalue weighted by Crippen LogP contribution is 2.53. The van der Waals surface area contributed by atoms with Crippen molar-refractivity contribution in [2.75, 3.05) is 11.9 Å². The first-order valence-corrected chi connectivity index (χ1v) is 5.79. The van der Waals surface area contributed by atoms with Gasteiger partial charge in [-0.2, -0.15) is 0 Å². The van der Waals surface area contributed by atoms with Crippen molar-refractivity contribution in [3.05, 3.63) is 29.8 Å². The summed E-state index contributed by atoms with van der Waals surface area (Å²) >= 11 is 0. The standard InChI is InChI=1S/C13H15NO2.ClH/c1-2-16-12(15)13-8-10(13)7-9-5-3-4-6-11(9)14-13;/h3-6,10,14H,2,7-8H2,1H3;1H. The van der Waals surface area contributed by atoms with Crippen LogP contribution in [0.2, 0.25) is 0 Å². The summed E-state index contributed by atoms with van der Waals surface area (Å²) in [6.45, 7) is 2.30. The summed E-state index contributed by atoms with van der Waals surface area (Å²) in [5.74, 6) is 0.330. The lowest BCUT2D eigenvalue weighted by Gasteiger charge is -2.25. The van der Waals surface area contributed by atoms with Crippen molar-refractivity contribution >= 4 is 24.1 Å². The number of rotatable bonds is 2. The summed E-state index contributed by atoms with van der Waals surface area (Å²) in [7, 11) is 0. The molecule has 0 spiro atoms. The highest BCUT2D eigenvalue weighted by molar-refractivity contribution is 5.90. The number of carbonyl (C=O) groups excluding carboxylic acids is 1. The minimum atomic E-state index is -0.412. The molecule has 0 aromatic heterocycles. The number of hydrogen-bond acceptors (Lipinski definition) is 3. The van der Waals surface area contributed by atoms with E-state index in [0.717, 1.165) is 18.5 Å². The van der Waals surface area contributed by atoms with Crippen LogP contribution in [0.15, 0.2) is 24.3 Å². The van der Waals surface area contributed by atoms with Crippen LogP contribution >= 0.6 is 12.4 Å². The average Bonchev–Trinajstić information content (AvgIpc) is 3.00. The maximum absolute atomic E-state index is 11.9. The predicted octanol–water partition coefficient (Wildman–Crippen LogP) is 2.40. The predicted molar refractivity (Wildman–Crippen MR) is 68.5 cm³/mol. The lowest BCUT2D eigenvalue weighted by Crippen LogP contribution is -2.38. The number of nitrogens with one attached hydrogen (secondary N) is 1. The first kappa shape index (κ1) is 12.2. The van der Waals surface area contributed by atoms with E-state index in [4.69, 9.17) is 4.74 Å². The maximum atomic E-state index is 11.9. The van der Waals surface area contributed by atoms with Crippen molar-refractivity contribution in [2.45, 2.75) is 25.3 Å². The average molecular weight is 254 g/mol. The van der Waals surface area contributed by atoms with Crippen molar-refractivity contribution < 1.29 is 9.53 Å². The lowest BCUT2D eigenvalue weighted by atomic mass is 9.98. The summed E-state index contributed by atoms with van der Waals surface area (Å²) in [4.78, 5) is 11.9. The number of hydrogen-bond donors (Lipinski definition) is 1. The minimum Gasteiger partial charge on any atom is -0.464 e. The van der Waals surface area contributed by atoms with Gasteiger partial charge in [0.1, 0.15) is 5.54 Å². The topological polar surface area (TPSA) is 38.3 Å². The second-order valence-corrected chi connectivity index (χ2v) is 4.58. The molecular formula is C13H16ClNO2. The van der Waals surface area contributed by atoms with Gasteiger partial charge in [-0.1, -0.05) is 18.2 Å². The molecule has 3 rings (SSSR count). The van der Waals surface area contributed by atoms with Gasteiger partial charge < -0.3 is 10.1 Å². The first-order valence-electron chi connectivity index (χ1n) is 5.79. The normalized spacial score (nSPS) is 27.9. The van der Waals surface area contributed by atoms with Crippen molar-refractivity contribution in [2.24, 2.45) is 5.92 Å². The van der Waals surface area contributed by atoms with E-state index in [-0.39, 0.29) is 18.4 Å². The highest BCUT2D eigenvalue weighted by Gasteiger charge is 2.63. The molecule has 1 fully saturated rings. The molecule has 0 bridgehead atoms. The fraction of sp³-hybridized carbons (Fsp3) is 0.462. The van der Waals surface area contributed by atoms with Gasteiger partial charge >= 0.3 is 5.97 Å². The van der Waals surface area contributed by atoms with E-state index in [2.05, 4.69) is 11.4 Å². The van der Waals surface area contributed by atoms with Crippen molar-refractivity contribution in [1.82, 2.24) is 0 Å². The zero-order valence-corrected chi connectivity index (χ0v) is 10.5. The molecule has 1 heterocycles. The van der Waals surface area contributed by atoms with E-state index < -0.39 is 5.54 Å². The van der Waals surface area contributed by atoms with Crippen LogP contribution in [-0.2, 0) is 16.0 Å². The quantitative estimate of drug-likeness (QED) is 0.823. The molecular weight excluding hydrogens is 238 g/mol. The van der Waals surface area contributed by atoms with E-state index in [1.54, 1.807) is 0 Å². The van der Waals surface area contributed by atoms with Crippen molar-refractivity contribution in [3.63, 3.8) is 0 Å². The molecule has 1 aromatic carbocycles. The maximum Gasteiger partial charge on any atom is 0.332 e. The molecule has 1 N–H and O–H groups in total. The Kier molecular flexibility index (Phi) is 3.04. The van der Waals surface area contributed by atoms with Gasteiger partial charge in [0.2, 0.25) is 0 Å². The lowest BCUT2D eigenvalue weighted by molar-refractivity contribution is -0.145. The SMILES string of the molecule is CCOC(=O)C12CC1Cc1ccccc1N2.Cl. The number of esters is 1. The third kappa shape index (κ3) is 1.78. The van der Waals surface area contributed by atoms with Crippen LogP contribution in [0.4, 0.5) is 5.69 Å². The summed E-state index contributed by atoms with van der Waals surface area (Å²) < 4.78 is 5.14. The summed E-state index contributed by atoms with van der Waals surface area (Å²) in [6.07, 6.45) is 1.89. The fourth-order valence-electron chi connectivity index (χ4n) is 2.62. The number of ether oxygens (including phenoxy) is 1. The fourth-order valence-corrected chi connectivity index (χ4v) is 2.62. The minimum absolute atomic E-state index is 0. The van der Waals surface area contributed by atoms with Crippen molar-refractivity contribution in [1.29, 1.82) is 0 Å². The molecule has 1 aliphatic carbocycles. The van der Waals surface area contributed by atoms with Gasteiger partial charge in [-0.3, -0.25) is 0 Å². The molecule has 0 amide bonds. The van der Waals surface area contributed by atoms with E-state index in [0.29, 0.717) is 12.5 Å². The van der Waals surface area contributed by atoms with Crippen LogP contribution in [0.5, 0.6) is 0 Å². The zero-order chi connectivity index (χ0) is 11.2. The van der Waals surface area contributed by atoms with Crippen LogP contribution < -0.4 is 5.32 Å². The van der Waals surface area contributed by atoms with Gasteiger partial charge in [0.15, 0.2) is 0 Å².